The second-order valence-electron chi connectivity index (χ2n) is 4.12. The normalized spacial score (nSPS) is 11.1. The van der Waals surface area contributed by atoms with Crippen LogP contribution >= 0.6 is 22.9 Å². The minimum atomic E-state index is 0.785. The summed E-state index contributed by atoms with van der Waals surface area (Å²) in [6.45, 7) is 5.95. The first kappa shape index (κ1) is 13.1. The topological polar surface area (TPSA) is 37.3 Å². The molecular weight excluding hydrogens is 266 g/mol. The van der Waals surface area contributed by atoms with E-state index in [-0.39, 0.29) is 0 Å². The van der Waals surface area contributed by atoms with Crippen LogP contribution in [0.25, 0.3) is 0 Å². The molecule has 0 radical (unpaired) electrons. The molecule has 0 amide bonds. The van der Waals surface area contributed by atoms with Crippen molar-refractivity contribution >= 4 is 34.3 Å². The zero-order valence-corrected chi connectivity index (χ0v) is 12.1. The predicted molar refractivity (Wildman–Crippen MR) is 79.0 cm³/mol. The second kappa shape index (κ2) is 5.50. The number of nitrogens with zero attached hydrogens (tertiary/aromatic N) is 2. The van der Waals surface area contributed by atoms with Crippen LogP contribution in [0.4, 0.5) is 5.13 Å². The van der Waals surface area contributed by atoms with Crippen molar-refractivity contribution in [1.82, 2.24) is 4.98 Å². The Labute approximate surface area is 116 Å². The van der Waals surface area contributed by atoms with E-state index in [2.05, 4.69) is 15.5 Å². The van der Waals surface area contributed by atoms with Crippen LogP contribution in [-0.4, -0.2) is 11.2 Å². The summed E-state index contributed by atoms with van der Waals surface area (Å²) in [4.78, 5) is 4.27. The van der Waals surface area contributed by atoms with E-state index in [4.69, 9.17) is 11.6 Å². The first-order valence-corrected chi connectivity index (χ1v) is 6.80. The number of aromatic nitrogens is 1. The van der Waals surface area contributed by atoms with Crippen LogP contribution in [-0.2, 0) is 0 Å². The fraction of sp³-hybridized carbons (Fsp3) is 0.231. The average Bonchev–Trinajstić information content (AvgIpc) is 2.71. The Hall–Kier alpha value is -1.39. The van der Waals surface area contributed by atoms with Crippen LogP contribution in [0, 0.1) is 20.8 Å². The minimum Gasteiger partial charge on any atom is -0.253 e. The molecule has 1 N–H and O–H groups in total. The van der Waals surface area contributed by atoms with Crippen molar-refractivity contribution in [1.29, 1.82) is 0 Å². The molecule has 5 heteroatoms. The van der Waals surface area contributed by atoms with Gasteiger partial charge in [0, 0.05) is 10.4 Å². The van der Waals surface area contributed by atoms with Crippen molar-refractivity contribution in [2.24, 2.45) is 5.10 Å². The van der Waals surface area contributed by atoms with E-state index < -0.39 is 0 Å². The summed E-state index contributed by atoms with van der Waals surface area (Å²) in [5.41, 5.74) is 7.12. The van der Waals surface area contributed by atoms with Crippen LogP contribution in [0.3, 0.4) is 0 Å². The fourth-order valence-corrected chi connectivity index (χ4v) is 2.36. The molecular formula is C13H14ClN3S. The Morgan fingerprint density at radius 1 is 1.28 bits per heavy atom. The third-order valence-electron chi connectivity index (χ3n) is 2.53. The maximum absolute atomic E-state index is 6.05. The van der Waals surface area contributed by atoms with Gasteiger partial charge in [-0.15, -0.1) is 11.3 Å². The minimum absolute atomic E-state index is 0.785. The fourth-order valence-electron chi connectivity index (χ4n) is 1.50. The lowest BCUT2D eigenvalue weighted by Crippen LogP contribution is -1.93. The van der Waals surface area contributed by atoms with E-state index >= 15 is 0 Å². The average molecular weight is 280 g/mol. The molecule has 18 heavy (non-hydrogen) atoms. The highest BCUT2D eigenvalue weighted by molar-refractivity contribution is 7.13. The molecule has 0 unspecified atom stereocenters. The predicted octanol–water partition coefficient (Wildman–Crippen LogP) is 4.17. The molecule has 0 aliphatic rings. The molecule has 2 aromatic rings. The summed E-state index contributed by atoms with van der Waals surface area (Å²) >= 11 is 7.59. The van der Waals surface area contributed by atoms with Gasteiger partial charge in [-0.2, -0.15) is 5.10 Å². The molecule has 94 valence electrons. The number of rotatable bonds is 3. The van der Waals surface area contributed by atoms with E-state index in [0.717, 1.165) is 32.5 Å². The van der Waals surface area contributed by atoms with E-state index in [1.54, 1.807) is 6.21 Å². The molecule has 0 spiro atoms. The zero-order valence-electron chi connectivity index (χ0n) is 10.5. The van der Waals surface area contributed by atoms with Gasteiger partial charge >= 0.3 is 0 Å². The summed E-state index contributed by atoms with van der Waals surface area (Å²) < 4.78 is 0. The molecule has 0 aliphatic heterocycles. The number of thiazole rings is 1. The van der Waals surface area contributed by atoms with Gasteiger partial charge in [-0.05, 0) is 49.6 Å². The number of benzene rings is 1. The molecule has 2 rings (SSSR count). The Bertz CT molecular complexity index is 590. The molecule has 0 fully saturated rings. The third kappa shape index (κ3) is 3.09. The van der Waals surface area contributed by atoms with Gasteiger partial charge in [0.2, 0.25) is 5.13 Å². The number of aryl methyl sites for hydroxylation is 3. The van der Waals surface area contributed by atoms with Gasteiger partial charge in [0.1, 0.15) is 0 Å². The van der Waals surface area contributed by atoms with Crippen LogP contribution in [0.1, 0.15) is 22.4 Å². The Morgan fingerprint density at radius 3 is 2.72 bits per heavy atom. The van der Waals surface area contributed by atoms with E-state index in [1.807, 2.05) is 38.3 Å². The van der Waals surface area contributed by atoms with Gasteiger partial charge in [0.05, 0.1) is 11.9 Å². The molecule has 0 saturated heterocycles. The maximum atomic E-state index is 6.05. The van der Waals surface area contributed by atoms with Crippen LogP contribution < -0.4 is 5.43 Å². The van der Waals surface area contributed by atoms with Gasteiger partial charge in [0.15, 0.2) is 0 Å². The summed E-state index contributed by atoms with van der Waals surface area (Å²) in [6.07, 6.45) is 1.79. The van der Waals surface area contributed by atoms with E-state index in [1.165, 1.54) is 11.3 Å². The summed E-state index contributed by atoms with van der Waals surface area (Å²) in [7, 11) is 0. The summed E-state index contributed by atoms with van der Waals surface area (Å²) in [5.74, 6) is 0. The number of hydrogen-bond acceptors (Lipinski definition) is 4. The van der Waals surface area contributed by atoms with Gasteiger partial charge < -0.3 is 0 Å². The molecule has 1 heterocycles. The standard InChI is InChI=1S/C13H14ClN3S/c1-8-5-12(14)9(2)4-11(8)6-15-17-13-16-10(3)7-18-13/h4-7H,1-3H3,(H,16,17). The molecule has 0 atom stereocenters. The Morgan fingerprint density at radius 2 is 2.06 bits per heavy atom. The van der Waals surface area contributed by atoms with Crippen molar-refractivity contribution in [3.05, 3.63) is 44.9 Å². The van der Waals surface area contributed by atoms with Crippen LogP contribution in [0.2, 0.25) is 5.02 Å². The number of anilines is 1. The summed E-state index contributed by atoms with van der Waals surface area (Å²) in [6, 6.07) is 3.97. The lowest BCUT2D eigenvalue weighted by Gasteiger charge is -2.04. The van der Waals surface area contributed by atoms with Crippen molar-refractivity contribution in [3.8, 4) is 0 Å². The van der Waals surface area contributed by atoms with E-state index in [0.29, 0.717) is 0 Å². The molecule has 1 aromatic heterocycles. The zero-order chi connectivity index (χ0) is 13.1. The van der Waals surface area contributed by atoms with Crippen molar-refractivity contribution in [2.45, 2.75) is 20.8 Å². The lowest BCUT2D eigenvalue weighted by molar-refractivity contribution is 1.22. The number of halogens is 1. The van der Waals surface area contributed by atoms with Gasteiger partial charge in [-0.1, -0.05) is 11.6 Å². The lowest BCUT2D eigenvalue weighted by atomic mass is 10.1. The molecule has 0 aliphatic carbocycles. The SMILES string of the molecule is Cc1csc(NN=Cc2cc(C)c(Cl)cc2C)n1. The summed E-state index contributed by atoms with van der Waals surface area (Å²) in [5, 5.41) is 7.75. The van der Waals surface area contributed by atoms with Crippen molar-refractivity contribution in [2.75, 3.05) is 5.43 Å². The molecule has 0 bridgehead atoms. The van der Waals surface area contributed by atoms with Crippen LogP contribution in [0.5, 0.6) is 0 Å². The highest BCUT2D eigenvalue weighted by atomic mass is 35.5. The first-order valence-electron chi connectivity index (χ1n) is 5.54. The van der Waals surface area contributed by atoms with Crippen LogP contribution in [0.15, 0.2) is 22.6 Å². The molecule has 1 aromatic carbocycles. The monoisotopic (exact) mass is 279 g/mol. The van der Waals surface area contributed by atoms with Crippen molar-refractivity contribution < 1.29 is 0 Å². The quantitative estimate of drug-likeness (QED) is 0.676. The largest absolute Gasteiger partial charge is 0.253 e. The molecule has 0 saturated carbocycles. The van der Waals surface area contributed by atoms with E-state index in [9.17, 15) is 0 Å². The smallest absolute Gasteiger partial charge is 0.203 e. The Kier molecular flexibility index (Phi) is 3.99. The highest BCUT2D eigenvalue weighted by Crippen LogP contribution is 2.19. The maximum Gasteiger partial charge on any atom is 0.203 e. The Balaban J connectivity index is 2.11. The second-order valence-corrected chi connectivity index (χ2v) is 5.39. The number of hydrazone groups is 1. The highest BCUT2D eigenvalue weighted by Gasteiger charge is 2.01. The van der Waals surface area contributed by atoms with Crippen molar-refractivity contribution in [3.63, 3.8) is 0 Å². The van der Waals surface area contributed by atoms with Gasteiger partial charge in [-0.25, -0.2) is 4.98 Å². The van der Waals surface area contributed by atoms with Gasteiger partial charge in [0.25, 0.3) is 0 Å². The number of nitrogens with one attached hydrogen (secondary N) is 1. The molecule has 3 nitrogen and oxygen atoms in total. The third-order valence-corrected chi connectivity index (χ3v) is 3.80. The number of hydrogen-bond donors (Lipinski definition) is 1. The first-order chi connectivity index (χ1) is 8.56. The van der Waals surface area contributed by atoms with Gasteiger partial charge in [-0.3, -0.25) is 5.43 Å².